The molecule has 1 amide bonds. The number of thioether (sulfide) groups is 1. The second-order valence-corrected chi connectivity index (χ2v) is 4.32. The summed E-state index contributed by atoms with van der Waals surface area (Å²) in [6.07, 6.45) is 1.11. The summed E-state index contributed by atoms with van der Waals surface area (Å²) in [6, 6.07) is 5.42. The number of benzene rings is 1. The van der Waals surface area contributed by atoms with Gasteiger partial charge in [-0.2, -0.15) is 0 Å². The minimum Gasteiger partial charge on any atom is -0.398 e. The molecule has 0 fully saturated rings. The van der Waals surface area contributed by atoms with Crippen LogP contribution in [0.15, 0.2) is 23.1 Å². The molecule has 0 radical (unpaired) electrons. The summed E-state index contributed by atoms with van der Waals surface area (Å²) in [6.45, 7) is 2.13. The Hall–Kier alpha value is -1.16. The van der Waals surface area contributed by atoms with Gasteiger partial charge < -0.3 is 11.1 Å². The molecule has 3 nitrogen and oxygen atoms in total. The molecule has 0 aliphatic rings. The summed E-state index contributed by atoms with van der Waals surface area (Å²) in [7, 11) is 1.61. The average Bonchev–Trinajstić information content (AvgIpc) is 2.26. The van der Waals surface area contributed by atoms with Crippen molar-refractivity contribution >= 4 is 23.4 Å². The zero-order valence-electron chi connectivity index (χ0n) is 9.04. The van der Waals surface area contributed by atoms with Gasteiger partial charge in [-0.3, -0.25) is 4.79 Å². The summed E-state index contributed by atoms with van der Waals surface area (Å²) >= 11 is 1.72. The van der Waals surface area contributed by atoms with E-state index in [0.717, 1.165) is 17.1 Å². The van der Waals surface area contributed by atoms with E-state index in [-0.39, 0.29) is 5.91 Å². The molecule has 0 unspecified atom stereocenters. The molecule has 1 aromatic carbocycles. The molecule has 0 heterocycles. The van der Waals surface area contributed by atoms with E-state index in [1.165, 1.54) is 0 Å². The van der Waals surface area contributed by atoms with Crippen LogP contribution in [0.3, 0.4) is 0 Å². The third-order valence-corrected chi connectivity index (χ3v) is 3.26. The fourth-order valence-electron chi connectivity index (χ4n) is 1.18. The molecule has 3 N–H and O–H groups in total. The Labute approximate surface area is 94.4 Å². The van der Waals surface area contributed by atoms with Gasteiger partial charge in [-0.15, -0.1) is 11.8 Å². The molecule has 82 valence electrons. The molecule has 0 aliphatic heterocycles. The second-order valence-electron chi connectivity index (χ2n) is 3.18. The fraction of sp³-hybridized carbons (Fsp3) is 0.364. The number of anilines is 1. The maximum Gasteiger partial charge on any atom is 0.251 e. The van der Waals surface area contributed by atoms with Crippen molar-refractivity contribution in [2.45, 2.75) is 18.2 Å². The molecule has 0 bridgehead atoms. The van der Waals surface area contributed by atoms with Gasteiger partial charge in [-0.25, -0.2) is 0 Å². The van der Waals surface area contributed by atoms with Crippen molar-refractivity contribution in [2.24, 2.45) is 0 Å². The van der Waals surface area contributed by atoms with Gasteiger partial charge in [0, 0.05) is 23.2 Å². The quantitative estimate of drug-likeness (QED) is 0.608. The Morgan fingerprint density at radius 3 is 2.80 bits per heavy atom. The van der Waals surface area contributed by atoms with Crippen LogP contribution >= 0.6 is 11.8 Å². The fourth-order valence-corrected chi connectivity index (χ4v) is 1.99. The first-order valence-electron chi connectivity index (χ1n) is 4.93. The van der Waals surface area contributed by atoms with Gasteiger partial charge in [0.25, 0.3) is 5.91 Å². The van der Waals surface area contributed by atoms with Gasteiger partial charge in [-0.05, 0) is 30.4 Å². The molecule has 0 saturated carbocycles. The number of nitrogen functional groups attached to an aromatic ring is 1. The standard InChI is InChI=1S/C11H16N2OS/c1-3-6-15-10-5-4-8(7-9(10)12)11(14)13-2/h4-5,7H,3,6,12H2,1-2H3,(H,13,14). The van der Waals surface area contributed by atoms with E-state index < -0.39 is 0 Å². The molecule has 0 aromatic heterocycles. The van der Waals surface area contributed by atoms with Crippen LogP contribution in [0.4, 0.5) is 5.69 Å². The van der Waals surface area contributed by atoms with E-state index in [9.17, 15) is 4.79 Å². The van der Waals surface area contributed by atoms with E-state index >= 15 is 0 Å². The van der Waals surface area contributed by atoms with Gasteiger partial charge in [0.2, 0.25) is 0 Å². The minimum atomic E-state index is -0.103. The van der Waals surface area contributed by atoms with Crippen LogP contribution in [0, 0.1) is 0 Å². The number of hydrogen-bond acceptors (Lipinski definition) is 3. The van der Waals surface area contributed by atoms with E-state index in [2.05, 4.69) is 12.2 Å². The number of rotatable bonds is 4. The van der Waals surface area contributed by atoms with Gasteiger partial charge in [0.15, 0.2) is 0 Å². The van der Waals surface area contributed by atoms with Crippen molar-refractivity contribution in [3.63, 3.8) is 0 Å². The topological polar surface area (TPSA) is 55.1 Å². The number of nitrogens with two attached hydrogens (primary N) is 1. The highest BCUT2D eigenvalue weighted by molar-refractivity contribution is 7.99. The molecule has 0 atom stereocenters. The molecule has 1 aromatic rings. The van der Waals surface area contributed by atoms with Crippen molar-refractivity contribution in [1.29, 1.82) is 0 Å². The Balaban J connectivity index is 2.83. The van der Waals surface area contributed by atoms with Gasteiger partial charge in [-0.1, -0.05) is 6.92 Å². The highest BCUT2D eigenvalue weighted by Gasteiger charge is 2.06. The highest BCUT2D eigenvalue weighted by Crippen LogP contribution is 2.26. The lowest BCUT2D eigenvalue weighted by molar-refractivity contribution is 0.0963. The Morgan fingerprint density at radius 2 is 2.27 bits per heavy atom. The largest absolute Gasteiger partial charge is 0.398 e. The van der Waals surface area contributed by atoms with Crippen LogP contribution in [0.2, 0.25) is 0 Å². The number of nitrogens with one attached hydrogen (secondary N) is 1. The first-order chi connectivity index (χ1) is 7.19. The normalized spacial score (nSPS) is 10.0. The summed E-state index contributed by atoms with van der Waals surface area (Å²) in [5.41, 5.74) is 7.14. The summed E-state index contributed by atoms with van der Waals surface area (Å²) in [4.78, 5) is 12.4. The van der Waals surface area contributed by atoms with E-state index in [1.54, 1.807) is 30.9 Å². The number of carbonyl (C=O) groups excluding carboxylic acids is 1. The molecule has 0 aliphatic carbocycles. The molecule has 4 heteroatoms. The van der Waals surface area contributed by atoms with E-state index in [0.29, 0.717) is 11.3 Å². The van der Waals surface area contributed by atoms with Crippen LogP contribution in [0.1, 0.15) is 23.7 Å². The summed E-state index contributed by atoms with van der Waals surface area (Å²) in [5.74, 6) is 0.942. The molecule has 15 heavy (non-hydrogen) atoms. The minimum absolute atomic E-state index is 0.103. The molecule has 0 saturated heterocycles. The van der Waals surface area contributed by atoms with Crippen LogP contribution in [-0.4, -0.2) is 18.7 Å². The Kier molecular flexibility index (Phi) is 4.49. The van der Waals surface area contributed by atoms with Gasteiger partial charge >= 0.3 is 0 Å². The highest BCUT2D eigenvalue weighted by atomic mass is 32.2. The summed E-state index contributed by atoms with van der Waals surface area (Å²) < 4.78 is 0. The molecule has 1 rings (SSSR count). The number of carbonyl (C=O) groups is 1. The van der Waals surface area contributed by atoms with Crippen molar-refractivity contribution in [1.82, 2.24) is 5.32 Å². The predicted octanol–water partition coefficient (Wildman–Crippen LogP) is 2.13. The van der Waals surface area contributed by atoms with E-state index in [4.69, 9.17) is 5.73 Å². The Morgan fingerprint density at radius 1 is 1.53 bits per heavy atom. The van der Waals surface area contributed by atoms with Crippen molar-refractivity contribution in [2.75, 3.05) is 18.5 Å². The van der Waals surface area contributed by atoms with Crippen molar-refractivity contribution < 1.29 is 4.79 Å². The lowest BCUT2D eigenvalue weighted by Crippen LogP contribution is -2.17. The molecular formula is C11H16N2OS. The summed E-state index contributed by atoms with van der Waals surface area (Å²) in [5, 5.41) is 2.57. The monoisotopic (exact) mass is 224 g/mol. The second kappa shape index (κ2) is 5.66. The van der Waals surface area contributed by atoms with Crippen LogP contribution in [-0.2, 0) is 0 Å². The van der Waals surface area contributed by atoms with Crippen LogP contribution < -0.4 is 11.1 Å². The van der Waals surface area contributed by atoms with Gasteiger partial charge in [0.05, 0.1) is 0 Å². The van der Waals surface area contributed by atoms with Crippen LogP contribution in [0.5, 0.6) is 0 Å². The van der Waals surface area contributed by atoms with Crippen LogP contribution in [0.25, 0.3) is 0 Å². The van der Waals surface area contributed by atoms with Crippen molar-refractivity contribution in [3.8, 4) is 0 Å². The first-order valence-corrected chi connectivity index (χ1v) is 5.92. The van der Waals surface area contributed by atoms with Gasteiger partial charge in [0.1, 0.15) is 0 Å². The zero-order valence-corrected chi connectivity index (χ0v) is 9.86. The zero-order chi connectivity index (χ0) is 11.3. The SMILES string of the molecule is CCCSc1ccc(C(=O)NC)cc1N. The maximum absolute atomic E-state index is 11.3. The molecular weight excluding hydrogens is 208 g/mol. The third-order valence-electron chi connectivity index (χ3n) is 1.96. The smallest absolute Gasteiger partial charge is 0.251 e. The predicted molar refractivity (Wildman–Crippen MR) is 65.3 cm³/mol. The first kappa shape index (κ1) is 11.9. The molecule has 0 spiro atoms. The Bertz CT molecular complexity index is 352. The van der Waals surface area contributed by atoms with E-state index in [1.807, 2.05) is 6.07 Å². The average molecular weight is 224 g/mol. The third kappa shape index (κ3) is 3.16. The number of amides is 1. The lowest BCUT2D eigenvalue weighted by Gasteiger charge is -2.06. The maximum atomic E-state index is 11.3. The lowest BCUT2D eigenvalue weighted by atomic mass is 10.2. The number of hydrogen-bond donors (Lipinski definition) is 2. The van der Waals surface area contributed by atoms with Crippen molar-refractivity contribution in [3.05, 3.63) is 23.8 Å².